The number of ether oxygens (including phenoxy) is 9. The largest absolute Gasteiger partial charge is 0.374 e. The predicted molar refractivity (Wildman–Crippen MR) is 234 cm³/mol. The zero-order valence-corrected chi connectivity index (χ0v) is 45.3. The Hall–Kier alpha value is 1.88. The van der Waals surface area contributed by atoms with E-state index in [2.05, 4.69) is 35.4 Å². The van der Waals surface area contributed by atoms with Crippen LogP contribution in [-0.4, -0.2) is 171 Å². The van der Waals surface area contributed by atoms with Crippen LogP contribution < -0.4 is 0 Å². The highest BCUT2D eigenvalue weighted by atomic mass is 32.5. The smallest absolute Gasteiger partial charge is 0.319 e. The van der Waals surface area contributed by atoms with E-state index in [4.69, 9.17) is 86.7 Å². The second kappa shape index (κ2) is 46.0. The summed E-state index contributed by atoms with van der Waals surface area (Å²) in [5.41, 5.74) is 0. The van der Waals surface area contributed by atoms with Gasteiger partial charge in [0.25, 0.3) is 0 Å². The van der Waals surface area contributed by atoms with E-state index in [0.717, 1.165) is 68.7 Å². The van der Waals surface area contributed by atoms with Crippen LogP contribution in [0.4, 0.5) is 0 Å². The number of hydrogen-bond donors (Lipinski definition) is 9. The Morgan fingerprint density at radius 3 is 0.519 bits per heavy atom. The maximum absolute atomic E-state index is 7.56. The van der Waals surface area contributed by atoms with Crippen LogP contribution in [0.5, 0.6) is 0 Å². The minimum absolute atomic E-state index is 0.122. The molecular formula is C27H75O18P3S3Si3. The van der Waals surface area contributed by atoms with Crippen LogP contribution in [0, 0.1) is 0 Å². The molecule has 0 fully saturated rings. The zero-order chi connectivity index (χ0) is 43.8. The molecule has 9 N–H and O–H groups in total. The third kappa shape index (κ3) is 68.6. The third-order valence-corrected chi connectivity index (χ3v) is 7.66. The highest BCUT2D eigenvalue weighted by Crippen LogP contribution is 2.27. The number of hydrogen-bond acceptors (Lipinski definition) is 12. The van der Waals surface area contributed by atoms with Gasteiger partial charge in [-0.3, -0.25) is 0 Å². The highest BCUT2D eigenvalue weighted by molar-refractivity contribution is 8.06. The van der Waals surface area contributed by atoms with E-state index in [0.29, 0.717) is 39.6 Å². The molecule has 0 amide bonds. The normalized spacial score (nSPS) is 13.3. The fourth-order valence-corrected chi connectivity index (χ4v) is 5.44. The van der Waals surface area contributed by atoms with E-state index < -0.39 is 20.2 Å². The van der Waals surface area contributed by atoms with Gasteiger partial charge in [0.15, 0.2) is 18.9 Å². The van der Waals surface area contributed by atoms with E-state index >= 15 is 0 Å². The van der Waals surface area contributed by atoms with Crippen molar-refractivity contribution < 1.29 is 86.7 Å². The van der Waals surface area contributed by atoms with Crippen molar-refractivity contribution in [2.75, 3.05) is 59.5 Å². The molecule has 3 atom stereocenters. The maximum Gasteiger partial charge on any atom is 0.319 e. The fourth-order valence-electron chi connectivity index (χ4n) is 3.58. The van der Waals surface area contributed by atoms with Crippen LogP contribution in [-0.2, 0) is 78.1 Å². The Balaban J connectivity index is -0.000000135. The topological polar surface area (TPSA) is 265 Å². The first-order valence-electron chi connectivity index (χ1n) is 17.8. The summed E-state index contributed by atoms with van der Waals surface area (Å²) in [4.78, 5) is 68.0. The zero-order valence-electron chi connectivity index (χ0n) is 34.2. The summed E-state index contributed by atoms with van der Waals surface area (Å²) in [5.74, 6) is 0. The SMILES string of the molecule is CCOC(C[SiH3])C(OCC)OCC.CCOC(C[SiH3])C(OCC)OCC.CCOC(C[SiH3])C(OCC)OCC.OP(O)(O)=S.OP(O)(O)=S.OP(O)(O)=S. The molecule has 18 nitrogen and oxygen atoms in total. The van der Waals surface area contributed by atoms with Crippen LogP contribution in [0.2, 0.25) is 18.1 Å². The van der Waals surface area contributed by atoms with Gasteiger partial charge in [0.2, 0.25) is 0 Å². The van der Waals surface area contributed by atoms with Crippen LogP contribution >= 0.6 is 20.2 Å². The van der Waals surface area contributed by atoms with Gasteiger partial charge in [0.05, 0.1) is 0 Å². The van der Waals surface area contributed by atoms with Crippen LogP contribution in [0.3, 0.4) is 0 Å². The molecule has 0 aliphatic heterocycles. The summed E-state index contributed by atoms with van der Waals surface area (Å²) in [7, 11) is 3.34. The van der Waals surface area contributed by atoms with Crippen molar-refractivity contribution in [1.29, 1.82) is 0 Å². The molecule has 0 spiro atoms. The van der Waals surface area contributed by atoms with Crippen LogP contribution in [0.1, 0.15) is 62.3 Å². The van der Waals surface area contributed by atoms with Crippen molar-refractivity contribution in [2.45, 2.75) is 118 Å². The summed E-state index contributed by atoms with van der Waals surface area (Å²) < 4.78 is 49.4. The summed E-state index contributed by atoms with van der Waals surface area (Å²) >= 11 is 10.8. The van der Waals surface area contributed by atoms with E-state index in [9.17, 15) is 0 Å². The Labute approximate surface area is 348 Å². The van der Waals surface area contributed by atoms with Crippen molar-refractivity contribution >= 4 is 86.3 Å². The molecule has 0 heterocycles. The van der Waals surface area contributed by atoms with Crippen molar-refractivity contribution in [2.24, 2.45) is 0 Å². The molecule has 0 radical (unpaired) electrons. The van der Waals surface area contributed by atoms with Gasteiger partial charge >= 0.3 is 20.2 Å². The predicted octanol–water partition coefficient (Wildman–Crippen LogP) is -0.714. The lowest BCUT2D eigenvalue weighted by atomic mass is 10.4. The summed E-state index contributed by atoms with van der Waals surface area (Å²) in [6.07, 6.45) is -0.156. The monoisotopic (exact) mass is 960 g/mol. The molecule has 54 heavy (non-hydrogen) atoms. The van der Waals surface area contributed by atoms with Gasteiger partial charge < -0.3 is 86.7 Å². The van der Waals surface area contributed by atoms with E-state index in [-0.39, 0.29) is 37.2 Å². The molecule has 0 saturated carbocycles. The summed E-state index contributed by atoms with van der Waals surface area (Å²) in [6, 6.07) is 3.16. The lowest BCUT2D eigenvalue weighted by Gasteiger charge is -2.25. The fraction of sp³-hybridized carbons (Fsp3) is 1.00. The summed E-state index contributed by atoms with van der Waals surface area (Å²) in [5, 5.41) is 0. The first-order chi connectivity index (χ1) is 24.9. The third-order valence-electron chi connectivity index (χ3n) is 5.25. The minimum Gasteiger partial charge on any atom is -0.374 e. The van der Waals surface area contributed by atoms with Gasteiger partial charge in [-0.25, -0.2) is 0 Å². The van der Waals surface area contributed by atoms with Gasteiger partial charge in [-0.1, -0.05) is 0 Å². The molecule has 3 unspecified atom stereocenters. The molecule has 336 valence electrons. The molecule has 27 heteroatoms. The van der Waals surface area contributed by atoms with Crippen molar-refractivity contribution in [3.63, 3.8) is 0 Å². The van der Waals surface area contributed by atoms with Gasteiger partial charge in [-0.05, 0) is 116 Å². The van der Waals surface area contributed by atoms with Crippen LogP contribution in [0.25, 0.3) is 0 Å². The van der Waals surface area contributed by atoms with Gasteiger partial charge in [-0.15, -0.1) is 0 Å². The standard InChI is InChI=1S/3C9H22O3Si.3H3O3PS/c3*1-4-10-8(7-13)9(11-5-2)12-6-3;3*1-4(2,3)5/h3*8-9H,4-7H2,1-3,13H3;3*(H3,1,2,3,5). The molecule has 0 aliphatic carbocycles. The van der Waals surface area contributed by atoms with E-state index in [1.807, 2.05) is 62.3 Å². The van der Waals surface area contributed by atoms with Crippen molar-refractivity contribution in [1.82, 2.24) is 0 Å². The Bertz CT molecular complexity index is 748. The molecule has 0 aliphatic rings. The molecule has 0 aromatic carbocycles. The van der Waals surface area contributed by atoms with E-state index in [1.54, 1.807) is 0 Å². The highest BCUT2D eigenvalue weighted by Gasteiger charge is 2.22. The van der Waals surface area contributed by atoms with Gasteiger partial charge in [0, 0.05) is 90.2 Å². The Morgan fingerprint density at radius 2 is 0.444 bits per heavy atom. The average Bonchev–Trinajstić information content (AvgIpc) is 3.03. The first-order valence-corrected chi connectivity index (χ1v) is 30.0. The molecule has 0 saturated heterocycles. The molecule has 0 aromatic rings. The molecular weight excluding hydrogens is 886 g/mol. The van der Waals surface area contributed by atoms with Gasteiger partial charge in [-0.2, -0.15) is 0 Å². The van der Waals surface area contributed by atoms with Gasteiger partial charge in [0.1, 0.15) is 18.3 Å². The maximum atomic E-state index is 7.56. The minimum atomic E-state index is -3.81. The van der Waals surface area contributed by atoms with E-state index in [1.165, 1.54) is 0 Å². The van der Waals surface area contributed by atoms with Crippen molar-refractivity contribution in [3.8, 4) is 0 Å². The molecule has 0 rings (SSSR count). The number of rotatable bonds is 24. The Kier molecular flexibility index (Phi) is 57.6. The first kappa shape index (κ1) is 67.6. The molecule has 0 bridgehead atoms. The average molecular weight is 961 g/mol. The van der Waals surface area contributed by atoms with Crippen molar-refractivity contribution in [3.05, 3.63) is 0 Å². The quantitative estimate of drug-likeness (QED) is 0.0329. The lowest BCUT2D eigenvalue weighted by molar-refractivity contribution is -0.196. The lowest BCUT2D eigenvalue weighted by Crippen LogP contribution is -2.34. The summed E-state index contributed by atoms with van der Waals surface area (Å²) in [6.45, 7) is 12.7. The Morgan fingerprint density at radius 1 is 0.333 bits per heavy atom. The molecule has 0 aromatic heterocycles. The second-order valence-corrected chi connectivity index (χ2v) is 19.5. The second-order valence-electron chi connectivity index (χ2n) is 9.58. The van der Waals surface area contributed by atoms with Crippen LogP contribution in [0.15, 0.2) is 0 Å².